The van der Waals surface area contributed by atoms with E-state index < -0.39 is 0 Å². The highest BCUT2D eigenvalue weighted by Crippen LogP contribution is 2.21. The lowest BCUT2D eigenvalue weighted by Crippen LogP contribution is -2.16. The van der Waals surface area contributed by atoms with Gasteiger partial charge in [0.05, 0.1) is 28.9 Å². The maximum Gasteiger partial charge on any atom is 0.338 e. The molecule has 0 bridgehead atoms. The van der Waals surface area contributed by atoms with Gasteiger partial charge in [0.1, 0.15) is 0 Å². The van der Waals surface area contributed by atoms with Crippen LogP contribution in [0.25, 0.3) is 10.2 Å². The molecule has 5 nitrogen and oxygen atoms in total. The highest BCUT2D eigenvalue weighted by Gasteiger charge is 2.13. The summed E-state index contributed by atoms with van der Waals surface area (Å²) in [5, 5.41) is 0. The Morgan fingerprint density at radius 2 is 2.07 bits per heavy atom. The minimum atomic E-state index is -0.384. The van der Waals surface area contributed by atoms with Gasteiger partial charge in [-0.25, -0.2) is 4.79 Å². The number of amides is 1. The number of hydrogen-bond acceptors (Lipinski definition) is 5. The summed E-state index contributed by atoms with van der Waals surface area (Å²) >= 11 is 2.88. The van der Waals surface area contributed by atoms with Crippen LogP contribution in [0.5, 0.6) is 0 Å². The van der Waals surface area contributed by atoms with Gasteiger partial charge in [0.2, 0.25) is 0 Å². The number of thiazole rings is 1. The van der Waals surface area contributed by atoms with E-state index in [0.29, 0.717) is 22.5 Å². The van der Waals surface area contributed by atoms with Crippen LogP contribution in [0, 0.1) is 12.3 Å². The fourth-order valence-corrected chi connectivity index (χ4v) is 4.18. The van der Waals surface area contributed by atoms with Crippen molar-refractivity contribution in [3.05, 3.63) is 58.4 Å². The molecule has 0 aliphatic rings. The quantitative estimate of drug-likeness (QED) is 0.363. The number of aromatic nitrogens is 1. The Morgan fingerprint density at radius 3 is 2.79 bits per heavy atom. The number of rotatable bonds is 5. The molecular formula is C21H18N2O3S2. The second-order valence-corrected chi connectivity index (χ2v) is 7.62. The molecule has 0 N–H and O–H groups in total. The van der Waals surface area contributed by atoms with Crippen LogP contribution in [0.2, 0.25) is 0 Å². The van der Waals surface area contributed by atoms with E-state index in [1.165, 1.54) is 11.3 Å². The lowest BCUT2D eigenvalue weighted by molar-refractivity contribution is 0.0526. The van der Waals surface area contributed by atoms with Crippen molar-refractivity contribution in [2.24, 2.45) is 4.99 Å². The highest BCUT2D eigenvalue weighted by molar-refractivity contribution is 7.98. The third kappa shape index (κ3) is 4.19. The van der Waals surface area contributed by atoms with Gasteiger partial charge in [-0.3, -0.25) is 4.79 Å². The number of carbonyl (C=O) groups is 2. The number of hydrogen-bond donors (Lipinski definition) is 0. The zero-order chi connectivity index (χ0) is 20.1. The summed E-state index contributed by atoms with van der Waals surface area (Å²) in [7, 11) is 0. The molecule has 142 valence electrons. The topological polar surface area (TPSA) is 60.7 Å². The first-order valence-electron chi connectivity index (χ1n) is 8.54. The van der Waals surface area contributed by atoms with Crippen LogP contribution in [0.1, 0.15) is 27.6 Å². The monoisotopic (exact) mass is 410 g/mol. The lowest BCUT2D eigenvalue weighted by Gasteiger charge is -2.03. The van der Waals surface area contributed by atoms with Gasteiger partial charge in [-0.15, -0.1) is 18.2 Å². The second-order valence-electron chi connectivity index (χ2n) is 5.73. The Morgan fingerprint density at radius 1 is 1.25 bits per heavy atom. The van der Waals surface area contributed by atoms with Crippen molar-refractivity contribution in [2.75, 3.05) is 12.9 Å². The second kappa shape index (κ2) is 8.91. The van der Waals surface area contributed by atoms with E-state index in [0.717, 1.165) is 15.1 Å². The Balaban J connectivity index is 2.09. The summed E-state index contributed by atoms with van der Waals surface area (Å²) < 4.78 is 7.66. The van der Waals surface area contributed by atoms with Crippen LogP contribution in [-0.4, -0.2) is 29.3 Å². The molecule has 1 aromatic heterocycles. The predicted molar refractivity (Wildman–Crippen MR) is 113 cm³/mol. The average molecular weight is 411 g/mol. The molecule has 0 atom stereocenters. The van der Waals surface area contributed by atoms with E-state index in [1.54, 1.807) is 47.5 Å². The van der Waals surface area contributed by atoms with Crippen molar-refractivity contribution in [2.45, 2.75) is 18.4 Å². The first-order valence-corrected chi connectivity index (χ1v) is 10.6. The molecule has 1 amide bonds. The zero-order valence-electron chi connectivity index (χ0n) is 15.5. The standard InChI is InChI=1S/C21H18N2O3S2/c1-4-11-23-17-10-9-15(20(25)26-5-2)13-18(17)28-21(23)22-19(24)14-7-6-8-16(12-14)27-3/h1,6-10,12-13H,5,11H2,2-3H3. The third-order valence-electron chi connectivity index (χ3n) is 3.96. The molecule has 0 unspecified atom stereocenters. The number of benzene rings is 2. The summed E-state index contributed by atoms with van der Waals surface area (Å²) in [6, 6.07) is 12.6. The normalized spacial score (nSPS) is 11.4. The molecule has 0 radical (unpaired) electrons. The van der Waals surface area contributed by atoms with Gasteiger partial charge in [0.25, 0.3) is 5.91 Å². The van der Waals surface area contributed by atoms with Gasteiger partial charge in [0, 0.05) is 10.5 Å². The molecule has 3 aromatic rings. The first-order chi connectivity index (χ1) is 13.6. The summed E-state index contributed by atoms with van der Waals surface area (Å²) in [5.41, 5.74) is 1.79. The van der Waals surface area contributed by atoms with Gasteiger partial charge < -0.3 is 9.30 Å². The molecule has 28 heavy (non-hydrogen) atoms. The number of thioether (sulfide) groups is 1. The molecule has 0 saturated carbocycles. The number of esters is 1. The van der Waals surface area contributed by atoms with E-state index in [9.17, 15) is 9.59 Å². The Kier molecular flexibility index (Phi) is 6.34. The Labute approximate surface area is 171 Å². The van der Waals surface area contributed by atoms with Crippen LogP contribution in [0.3, 0.4) is 0 Å². The number of ether oxygens (including phenoxy) is 1. The molecule has 0 aliphatic heterocycles. The minimum absolute atomic E-state index is 0.274. The van der Waals surface area contributed by atoms with Crippen molar-refractivity contribution in [3.63, 3.8) is 0 Å². The molecule has 0 fully saturated rings. The van der Waals surface area contributed by atoms with E-state index in [4.69, 9.17) is 11.2 Å². The van der Waals surface area contributed by atoms with Crippen LogP contribution >= 0.6 is 23.1 Å². The fraction of sp³-hybridized carbons (Fsp3) is 0.190. The molecule has 0 spiro atoms. The summed E-state index contributed by atoms with van der Waals surface area (Å²) in [6.07, 6.45) is 7.46. The van der Waals surface area contributed by atoms with Gasteiger partial charge in [-0.2, -0.15) is 4.99 Å². The molecule has 0 saturated heterocycles. The minimum Gasteiger partial charge on any atom is -0.462 e. The summed E-state index contributed by atoms with van der Waals surface area (Å²) in [4.78, 5) is 30.4. The largest absolute Gasteiger partial charge is 0.462 e. The third-order valence-corrected chi connectivity index (χ3v) is 5.72. The summed E-state index contributed by atoms with van der Waals surface area (Å²) in [6.45, 7) is 2.34. The molecule has 7 heteroatoms. The van der Waals surface area contributed by atoms with Crippen molar-refractivity contribution in [1.29, 1.82) is 0 Å². The predicted octanol–water partition coefficient (Wildman–Crippen LogP) is 3.98. The Bertz CT molecular complexity index is 1150. The lowest BCUT2D eigenvalue weighted by atomic mass is 10.2. The number of carbonyl (C=O) groups excluding carboxylic acids is 2. The maximum absolute atomic E-state index is 12.7. The Hall–Kier alpha value is -2.82. The van der Waals surface area contributed by atoms with Crippen molar-refractivity contribution >= 4 is 45.2 Å². The van der Waals surface area contributed by atoms with E-state index in [2.05, 4.69) is 10.9 Å². The maximum atomic E-state index is 12.7. The SMILES string of the molecule is C#CCn1c(=NC(=O)c2cccc(SC)c2)sc2cc(C(=O)OCC)ccc21. The highest BCUT2D eigenvalue weighted by atomic mass is 32.2. The van der Waals surface area contributed by atoms with E-state index >= 15 is 0 Å². The average Bonchev–Trinajstić information content (AvgIpc) is 3.04. The van der Waals surface area contributed by atoms with Gasteiger partial charge >= 0.3 is 5.97 Å². The van der Waals surface area contributed by atoms with Crippen LogP contribution in [-0.2, 0) is 11.3 Å². The number of nitrogens with zero attached hydrogens (tertiary/aromatic N) is 2. The smallest absolute Gasteiger partial charge is 0.338 e. The fourth-order valence-electron chi connectivity index (χ4n) is 2.65. The number of terminal acetylenes is 1. The molecule has 3 rings (SSSR count). The van der Waals surface area contributed by atoms with Crippen LogP contribution in [0.4, 0.5) is 0 Å². The van der Waals surface area contributed by atoms with Gasteiger partial charge in [0.15, 0.2) is 4.80 Å². The van der Waals surface area contributed by atoms with Crippen molar-refractivity contribution < 1.29 is 14.3 Å². The van der Waals surface area contributed by atoms with Crippen molar-refractivity contribution in [1.82, 2.24) is 4.57 Å². The van der Waals surface area contributed by atoms with Crippen LogP contribution < -0.4 is 4.80 Å². The van der Waals surface area contributed by atoms with Gasteiger partial charge in [-0.1, -0.05) is 23.3 Å². The first kappa shape index (κ1) is 19.9. The molecule has 2 aromatic carbocycles. The number of fused-ring (bicyclic) bond motifs is 1. The molecular weight excluding hydrogens is 392 g/mol. The molecule has 0 aliphatic carbocycles. The summed E-state index contributed by atoms with van der Waals surface area (Å²) in [5.74, 6) is 1.88. The van der Waals surface area contributed by atoms with E-state index in [1.807, 2.05) is 24.5 Å². The van der Waals surface area contributed by atoms with E-state index in [-0.39, 0.29) is 18.4 Å². The zero-order valence-corrected chi connectivity index (χ0v) is 17.1. The molecule has 1 heterocycles. The van der Waals surface area contributed by atoms with Crippen molar-refractivity contribution in [3.8, 4) is 12.3 Å². The van der Waals surface area contributed by atoms with Crippen LogP contribution in [0.15, 0.2) is 52.4 Å². The van der Waals surface area contributed by atoms with Gasteiger partial charge in [-0.05, 0) is 49.6 Å².